The average molecular weight is 538 g/mol. The number of hydrogen-bond acceptors (Lipinski definition) is 0. The van der Waals surface area contributed by atoms with E-state index >= 15 is 0 Å². The van der Waals surface area contributed by atoms with Crippen LogP contribution in [0, 0.1) is 0 Å². The van der Waals surface area contributed by atoms with Crippen LogP contribution >= 0.6 is 0 Å². The molecule has 0 radical (unpaired) electrons. The van der Waals surface area contributed by atoms with E-state index in [9.17, 15) is 0 Å². The molecule has 0 aliphatic heterocycles. The van der Waals surface area contributed by atoms with E-state index in [0.717, 1.165) is 0 Å². The quantitative estimate of drug-likeness (QED) is 0.314. The Morgan fingerprint density at radius 2 is 0.595 bits per heavy atom. The summed E-state index contributed by atoms with van der Waals surface area (Å²) in [7, 11) is 0. The van der Waals surface area contributed by atoms with Crippen LogP contribution in [0.5, 0.6) is 0 Å². The van der Waals surface area contributed by atoms with Gasteiger partial charge in [0.05, 0.1) is 0 Å². The molecule has 3 aliphatic rings. The zero-order valence-corrected chi connectivity index (χ0v) is 25.7. The Morgan fingerprint density at radius 1 is 0.324 bits per heavy atom. The SMILES string of the molecule is C1=CCCCCCCCC[C]([Ti]([C]2=CC=CCCCCCCCC2)[C]2=CC=CCCCCCCCC2)=C1. The topological polar surface area (TPSA) is 0 Å². The predicted octanol–water partition coefficient (Wildman–Crippen LogP) is 12.3. The Kier molecular flexibility index (Phi) is 17.4. The van der Waals surface area contributed by atoms with Gasteiger partial charge in [-0.25, -0.2) is 0 Å². The van der Waals surface area contributed by atoms with Gasteiger partial charge < -0.3 is 0 Å². The fraction of sp³-hybridized carbons (Fsp3) is 0.667. The fourth-order valence-corrected chi connectivity index (χ4v) is 11.4. The summed E-state index contributed by atoms with van der Waals surface area (Å²) in [5.74, 6) is 0. The normalized spacial score (nSPS) is 22.9. The standard InChI is InChI=1S/3C12H19.Ti/c3*1-2-4-6-8-10-12-11-9-7-5-3-1;/h3*1-3H,4,6-12H2;. The van der Waals surface area contributed by atoms with Crippen LogP contribution in [-0.2, 0) is 17.9 Å². The summed E-state index contributed by atoms with van der Waals surface area (Å²) in [5.41, 5.74) is 0. The van der Waals surface area contributed by atoms with Crippen LogP contribution in [0.4, 0.5) is 0 Å². The van der Waals surface area contributed by atoms with E-state index in [1.165, 1.54) is 154 Å². The Bertz CT molecular complexity index is 670. The van der Waals surface area contributed by atoms with E-state index in [4.69, 9.17) is 0 Å². The summed E-state index contributed by atoms with van der Waals surface area (Å²) < 4.78 is 5.57. The molecule has 3 rings (SSSR count). The summed E-state index contributed by atoms with van der Waals surface area (Å²) in [4.78, 5) is 0. The number of rotatable bonds is 3. The molecule has 0 saturated carbocycles. The van der Waals surface area contributed by atoms with Gasteiger partial charge in [0, 0.05) is 0 Å². The second-order valence-electron chi connectivity index (χ2n) is 11.7. The van der Waals surface area contributed by atoms with Crippen LogP contribution < -0.4 is 0 Å². The molecule has 205 valence electrons. The third-order valence-corrected chi connectivity index (χ3v) is 13.4. The molecule has 0 heterocycles. The maximum absolute atomic E-state index is 2.62. The second-order valence-corrected chi connectivity index (χ2v) is 15.9. The molecule has 0 bridgehead atoms. The first kappa shape index (κ1) is 30.7. The molecule has 1 heteroatoms. The molecule has 0 fully saturated rings. The van der Waals surface area contributed by atoms with E-state index in [1.807, 2.05) is 11.6 Å². The molecule has 0 aromatic rings. The van der Waals surface area contributed by atoms with Gasteiger partial charge >= 0.3 is 238 Å². The van der Waals surface area contributed by atoms with Gasteiger partial charge in [-0.2, -0.15) is 0 Å². The zero-order valence-electron chi connectivity index (χ0n) is 24.2. The molecule has 0 amide bonds. The summed E-state index contributed by atoms with van der Waals surface area (Å²) in [6.07, 6.45) is 55.8. The van der Waals surface area contributed by atoms with Gasteiger partial charge in [0.25, 0.3) is 0 Å². The molecule has 0 spiro atoms. The van der Waals surface area contributed by atoms with E-state index in [0.29, 0.717) is 0 Å². The maximum atomic E-state index is 2.62. The second kappa shape index (κ2) is 21.0. The summed E-state index contributed by atoms with van der Waals surface area (Å²) in [6, 6.07) is 0. The van der Waals surface area contributed by atoms with Gasteiger partial charge in [0.1, 0.15) is 0 Å². The van der Waals surface area contributed by atoms with Crippen molar-refractivity contribution in [3.05, 3.63) is 66.3 Å². The van der Waals surface area contributed by atoms with Crippen LogP contribution in [-0.4, -0.2) is 0 Å². The minimum atomic E-state index is -1.75. The van der Waals surface area contributed by atoms with Gasteiger partial charge in [-0.1, -0.05) is 0 Å². The molecule has 0 unspecified atom stereocenters. The van der Waals surface area contributed by atoms with Crippen LogP contribution in [0.15, 0.2) is 66.3 Å². The Balaban J connectivity index is 1.97. The van der Waals surface area contributed by atoms with Gasteiger partial charge in [-0.15, -0.1) is 0 Å². The molecule has 0 atom stereocenters. The first-order valence-corrected chi connectivity index (χ1v) is 18.7. The zero-order chi connectivity index (χ0) is 25.6. The molecule has 3 aliphatic carbocycles. The van der Waals surface area contributed by atoms with Crippen molar-refractivity contribution in [2.75, 3.05) is 0 Å². The van der Waals surface area contributed by atoms with Crippen molar-refractivity contribution in [1.82, 2.24) is 0 Å². The Labute approximate surface area is 237 Å². The predicted molar refractivity (Wildman–Crippen MR) is 162 cm³/mol. The summed E-state index contributed by atoms with van der Waals surface area (Å²) >= 11 is -1.75. The van der Waals surface area contributed by atoms with Gasteiger partial charge in [-0.3, -0.25) is 0 Å². The van der Waals surface area contributed by atoms with Crippen molar-refractivity contribution in [3.8, 4) is 0 Å². The van der Waals surface area contributed by atoms with E-state index in [-0.39, 0.29) is 0 Å². The van der Waals surface area contributed by atoms with Crippen molar-refractivity contribution >= 4 is 0 Å². The van der Waals surface area contributed by atoms with Crippen LogP contribution in [0.3, 0.4) is 0 Å². The third kappa shape index (κ3) is 13.7. The third-order valence-electron chi connectivity index (χ3n) is 8.46. The fourth-order valence-electron chi connectivity index (χ4n) is 6.19. The van der Waals surface area contributed by atoms with Crippen LogP contribution in [0.1, 0.15) is 154 Å². The summed E-state index contributed by atoms with van der Waals surface area (Å²) in [5, 5.41) is 0. The van der Waals surface area contributed by atoms with Crippen molar-refractivity contribution in [2.24, 2.45) is 0 Å². The molecule has 0 saturated heterocycles. The van der Waals surface area contributed by atoms with Crippen molar-refractivity contribution < 1.29 is 17.9 Å². The van der Waals surface area contributed by atoms with Gasteiger partial charge in [-0.05, 0) is 0 Å². The molecule has 0 aromatic carbocycles. The van der Waals surface area contributed by atoms with Crippen LogP contribution in [0.2, 0.25) is 0 Å². The first-order chi connectivity index (χ1) is 18.4. The van der Waals surface area contributed by atoms with Crippen molar-refractivity contribution in [1.29, 1.82) is 0 Å². The summed E-state index contributed by atoms with van der Waals surface area (Å²) in [6.45, 7) is 0. The molecule has 0 aromatic heterocycles. The molecular weight excluding hydrogens is 480 g/mol. The molecule has 37 heavy (non-hydrogen) atoms. The molecule has 0 nitrogen and oxygen atoms in total. The van der Waals surface area contributed by atoms with Crippen molar-refractivity contribution in [2.45, 2.75) is 154 Å². The number of hydrogen-bond donors (Lipinski definition) is 0. The minimum absolute atomic E-state index is 1.26. The first-order valence-electron chi connectivity index (χ1n) is 16.4. The van der Waals surface area contributed by atoms with E-state index < -0.39 is 17.9 Å². The Morgan fingerprint density at radius 3 is 0.919 bits per heavy atom. The number of allylic oxidation sites excluding steroid dienone is 12. The van der Waals surface area contributed by atoms with Gasteiger partial charge in [0.15, 0.2) is 0 Å². The Hall–Kier alpha value is -0.846. The van der Waals surface area contributed by atoms with Crippen molar-refractivity contribution in [3.63, 3.8) is 0 Å². The van der Waals surface area contributed by atoms with Crippen LogP contribution in [0.25, 0.3) is 0 Å². The monoisotopic (exact) mass is 537 g/mol. The molecular formula is C36H57Ti. The van der Waals surface area contributed by atoms with E-state index in [2.05, 4.69) is 54.7 Å². The van der Waals surface area contributed by atoms with Gasteiger partial charge in [0.2, 0.25) is 0 Å². The van der Waals surface area contributed by atoms with E-state index in [1.54, 1.807) is 0 Å². The average Bonchev–Trinajstić information content (AvgIpc) is 2.88. The molecule has 0 N–H and O–H groups in total.